The molecule has 1 aliphatic rings. The highest BCUT2D eigenvalue weighted by Gasteiger charge is 2.25. The van der Waals surface area contributed by atoms with E-state index in [0.29, 0.717) is 22.5 Å². The lowest BCUT2D eigenvalue weighted by Gasteiger charge is -2.29. The van der Waals surface area contributed by atoms with E-state index in [-0.39, 0.29) is 6.10 Å². The van der Waals surface area contributed by atoms with Crippen LogP contribution in [-0.2, 0) is 0 Å². The zero-order valence-corrected chi connectivity index (χ0v) is 16.1. The Bertz CT molecular complexity index is 969. The van der Waals surface area contributed by atoms with Crippen LogP contribution in [0.5, 0.6) is 5.88 Å². The number of halogens is 1. The van der Waals surface area contributed by atoms with E-state index in [1.807, 2.05) is 18.2 Å². The maximum absolute atomic E-state index is 11.5. The van der Waals surface area contributed by atoms with Crippen LogP contribution < -0.4 is 15.8 Å². The molecule has 0 aliphatic heterocycles. The minimum Gasteiger partial charge on any atom is -0.474 e. The SMILES string of the molecule is NC(=O)c1cccnc1O[C@H]1CC[C@H](Nc2nc3c(Cl)cccc3s2)CC1. The van der Waals surface area contributed by atoms with Gasteiger partial charge in [-0.1, -0.05) is 29.0 Å². The van der Waals surface area contributed by atoms with E-state index in [1.165, 1.54) is 0 Å². The summed E-state index contributed by atoms with van der Waals surface area (Å²) in [5.41, 5.74) is 6.55. The van der Waals surface area contributed by atoms with E-state index in [2.05, 4.69) is 15.3 Å². The number of carbonyl (C=O) groups is 1. The molecule has 8 heteroatoms. The van der Waals surface area contributed by atoms with Crippen molar-refractivity contribution in [3.8, 4) is 5.88 Å². The van der Waals surface area contributed by atoms with Gasteiger partial charge in [-0.05, 0) is 49.9 Å². The van der Waals surface area contributed by atoms with Crippen molar-refractivity contribution in [3.63, 3.8) is 0 Å². The summed E-state index contributed by atoms with van der Waals surface area (Å²) in [4.78, 5) is 20.3. The predicted octanol–water partition coefficient (Wildman–Crippen LogP) is 4.25. The first-order chi connectivity index (χ1) is 13.1. The largest absolute Gasteiger partial charge is 0.474 e. The third-order valence-corrected chi connectivity index (χ3v) is 5.94. The molecule has 1 aromatic carbocycles. The molecule has 0 bridgehead atoms. The number of hydrogen-bond donors (Lipinski definition) is 2. The first-order valence-electron chi connectivity index (χ1n) is 8.83. The summed E-state index contributed by atoms with van der Waals surface area (Å²) in [5.74, 6) is -0.204. The number of benzene rings is 1. The van der Waals surface area contributed by atoms with Crippen LogP contribution in [0.2, 0.25) is 5.02 Å². The lowest BCUT2D eigenvalue weighted by molar-refractivity contribution is 0.0983. The van der Waals surface area contributed by atoms with Gasteiger partial charge in [0.2, 0.25) is 5.88 Å². The molecular formula is C19H19ClN4O2S. The first-order valence-corrected chi connectivity index (χ1v) is 10.0. The number of ether oxygens (including phenoxy) is 1. The van der Waals surface area contributed by atoms with E-state index < -0.39 is 5.91 Å². The Morgan fingerprint density at radius 1 is 1.22 bits per heavy atom. The maximum Gasteiger partial charge on any atom is 0.254 e. The van der Waals surface area contributed by atoms with Gasteiger partial charge in [-0.2, -0.15) is 0 Å². The molecule has 3 aromatic rings. The molecule has 27 heavy (non-hydrogen) atoms. The van der Waals surface area contributed by atoms with Crippen LogP contribution in [0.3, 0.4) is 0 Å². The second-order valence-electron chi connectivity index (χ2n) is 6.56. The molecule has 0 saturated heterocycles. The lowest BCUT2D eigenvalue weighted by atomic mass is 9.93. The number of primary amides is 1. The van der Waals surface area contributed by atoms with Gasteiger partial charge in [0, 0.05) is 12.2 Å². The van der Waals surface area contributed by atoms with Crippen molar-refractivity contribution in [2.45, 2.75) is 37.8 Å². The number of nitrogens with zero attached hydrogens (tertiary/aromatic N) is 2. The van der Waals surface area contributed by atoms with Crippen molar-refractivity contribution < 1.29 is 9.53 Å². The number of thiazole rings is 1. The highest BCUT2D eigenvalue weighted by Crippen LogP contribution is 2.33. The number of aromatic nitrogens is 2. The van der Waals surface area contributed by atoms with E-state index in [1.54, 1.807) is 29.7 Å². The van der Waals surface area contributed by atoms with E-state index in [4.69, 9.17) is 22.1 Å². The zero-order chi connectivity index (χ0) is 18.8. The molecule has 1 amide bonds. The Balaban J connectivity index is 1.36. The van der Waals surface area contributed by atoms with Crippen molar-refractivity contribution in [1.29, 1.82) is 0 Å². The number of hydrogen-bond acceptors (Lipinski definition) is 6. The zero-order valence-electron chi connectivity index (χ0n) is 14.5. The molecule has 140 valence electrons. The Morgan fingerprint density at radius 3 is 2.78 bits per heavy atom. The summed E-state index contributed by atoms with van der Waals surface area (Å²) in [6.07, 6.45) is 5.28. The number of fused-ring (bicyclic) bond motifs is 1. The molecule has 0 radical (unpaired) electrons. The Hall–Kier alpha value is -2.38. The summed E-state index contributed by atoms with van der Waals surface area (Å²) >= 11 is 7.82. The Labute approximate surface area is 165 Å². The molecule has 0 atom stereocenters. The topological polar surface area (TPSA) is 90.1 Å². The smallest absolute Gasteiger partial charge is 0.254 e. The van der Waals surface area contributed by atoms with Crippen molar-refractivity contribution in [3.05, 3.63) is 47.1 Å². The van der Waals surface area contributed by atoms with Gasteiger partial charge in [0.15, 0.2) is 5.13 Å². The molecule has 2 heterocycles. The summed E-state index contributed by atoms with van der Waals surface area (Å²) in [7, 11) is 0. The monoisotopic (exact) mass is 402 g/mol. The van der Waals surface area contributed by atoms with E-state index in [9.17, 15) is 4.79 Å². The van der Waals surface area contributed by atoms with Crippen LogP contribution in [0.1, 0.15) is 36.0 Å². The Kier molecular flexibility index (Phi) is 5.13. The fourth-order valence-electron chi connectivity index (χ4n) is 3.31. The molecule has 4 rings (SSSR count). The third kappa shape index (κ3) is 3.99. The third-order valence-electron chi connectivity index (χ3n) is 4.69. The molecule has 2 aromatic heterocycles. The van der Waals surface area contributed by atoms with Gasteiger partial charge in [0.25, 0.3) is 5.91 Å². The predicted molar refractivity (Wildman–Crippen MR) is 108 cm³/mol. The minimum absolute atomic E-state index is 0.0286. The van der Waals surface area contributed by atoms with Crippen molar-refractivity contribution in [2.75, 3.05) is 5.32 Å². The van der Waals surface area contributed by atoms with Gasteiger partial charge in [-0.3, -0.25) is 4.79 Å². The first kappa shape index (κ1) is 18.0. The molecule has 0 unspecified atom stereocenters. The molecule has 1 aliphatic carbocycles. The normalized spacial score (nSPS) is 19.7. The van der Waals surface area contributed by atoms with Gasteiger partial charge in [0.1, 0.15) is 17.2 Å². The number of nitrogens with two attached hydrogens (primary N) is 1. The second kappa shape index (κ2) is 7.70. The molecular weight excluding hydrogens is 384 g/mol. The van der Waals surface area contributed by atoms with Crippen LogP contribution in [0.15, 0.2) is 36.5 Å². The number of amides is 1. The average Bonchev–Trinajstić information content (AvgIpc) is 3.08. The number of nitrogens with one attached hydrogen (secondary N) is 1. The van der Waals surface area contributed by atoms with Crippen LogP contribution in [0, 0.1) is 0 Å². The van der Waals surface area contributed by atoms with Gasteiger partial charge in [0.05, 0.1) is 9.72 Å². The summed E-state index contributed by atoms with van der Waals surface area (Å²) in [6, 6.07) is 9.47. The van der Waals surface area contributed by atoms with Crippen molar-refractivity contribution in [2.24, 2.45) is 5.73 Å². The van der Waals surface area contributed by atoms with Gasteiger partial charge in [-0.15, -0.1) is 0 Å². The minimum atomic E-state index is -0.525. The quantitative estimate of drug-likeness (QED) is 0.665. The van der Waals surface area contributed by atoms with Crippen LogP contribution in [0.25, 0.3) is 10.2 Å². The van der Waals surface area contributed by atoms with E-state index in [0.717, 1.165) is 41.0 Å². The van der Waals surface area contributed by atoms with E-state index >= 15 is 0 Å². The highest BCUT2D eigenvalue weighted by atomic mass is 35.5. The number of rotatable bonds is 5. The lowest BCUT2D eigenvalue weighted by Crippen LogP contribution is -2.31. The summed E-state index contributed by atoms with van der Waals surface area (Å²) in [6.45, 7) is 0. The number of para-hydroxylation sites is 1. The maximum atomic E-state index is 11.5. The molecule has 1 fully saturated rings. The molecule has 6 nitrogen and oxygen atoms in total. The standard InChI is InChI=1S/C19H19ClN4O2S/c20-14-4-1-5-15-16(14)24-19(27-15)23-11-6-8-12(9-7-11)26-18-13(17(21)25)3-2-10-22-18/h1-5,10-12H,6-9H2,(H2,21,25)(H,23,24)/t11-,12-. The van der Waals surface area contributed by atoms with Crippen molar-refractivity contribution in [1.82, 2.24) is 9.97 Å². The molecule has 3 N–H and O–H groups in total. The number of carbonyl (C=O) groups excluding carboxylic acids is 1. The summed E-state index contributed by atoms with van der Waals surface area (Å²) in [5, 5.41) is 5.08. The van der Waals surface area contributed by atoms with Crippen molar-refractivity contribution >= 4 is 44.2 Å². The molecule has 0 spiro atoms. The fourth-order valence-corrected chi connectivity index (χ4v) is 4.55. The second-order valence-corrected chi connectivity index (χ2v) is 8.00. The summed E-state index contributed by atoms with van der Waals surface area (Å²) < 4.78 is 7.02. The number of pyridine rings is 1. The highest BCUT2D eigenvalue weighted by molar-refractivity contribution is 7.22. The van der Waals surface area contributed by atoms with Gasteiger partial charge < -0.3 is 15.8 Å². The molecule has 1 saturated carbocycles. The number of anilines is 1. The van der Waals surface area contributed by atoms with Crippen LogP contribution in [-0.4, -0.2) is 28.0 Å². The van der Waals surface area contributed by atoms with Gasteiger partial charge in [-0.25, -0.2) is 9.97 Å². The van der Waals surface area contributed by atoms with Gasteiger partial charge >= 0.3 is 0 Å². The Morgan fingerprint density at radius 2 is 2.04 bits per heavy atom. The average molecular weight is 403 g/mol. The fraction of sp³-hybridized carbons (Fsp3) is 0.316. The van der Waals surface area contributed by atoms with Crippen LogP contribution >= 0.6 is 22.9 Å². The van der Waals surface area contributed by atoms with Crippen LogP contribution in [0.4, 0.5) is 5.13 Å².